The molecule has 0 saturated heterocycles. The van der Waals surface area contributed by atoms with E-state index in [0.717, 1.165) is 17.7 Å². The lowest BCUT2D eigenvalue weighted by molar-refractivity contribution is 0.614. The van der Waals surface area contributed by atoms with Crippen molar-refractivity contribution in [3.8, 4) is 0 Å². The standard InChI is InChI=1S/C17H18FN/c18-16-4-2-1-3-14(16)11-13-5-7-15(8-6-13)17(12-19)9-10-17/h1-8H,9-12,19H2. The zero-order valence-electron chi connectivity index (χ0n) is 10.9. The lowest BCUT2D eigenvalue weighted by atomic mass is 9.94. The average molecular weight is 255 g/mol. The molecule has 1 nitrogen and oxygen atoms in total. The van der Waals surface area contributed by atoms with Gasteiger partial charge in [0.05, 0.1) is 0 Å². The van der Waals surface area contributed by atoms with Crippen molar-refractivity contribution < 1.29 is 4.39 Å². The van der Waals surface area contributed by atoms with E-state index < -0.39 is 0 Å². The average Bonchev–Trinajstić information content (AvgIpc) is 3.23. The van der Waals surface area contributed by atoms with E-state index in [4.69, 9.17) is 5.73 Å². The Balaban J connectivity index is 1.78. The summed E-state index contributed by atoms with van der Waals surface area (Å²) < 4.78 is 13.6. The maximum absolute atomic E-state index is 13.6. The fourth-order valence-electron chi connectivity index (χ4n) is 2.60. The molecule has 0 heterocycles. The fourth-order valence-corrected chi connectivity index (χ4v) is 2.60. The third kappa shape index (κ3) is 2.41. The van der Waals surface area contributed by atoms with Crippen LogP contribution in [0.4, 0.5) is 4.39 Å². The molecule has 0 unspecified atom stereocenters. The highest BCUT2D eigenvalue weighted by Gasteiger charge is 2.42. The topological polar surface area (TPSA) is 26.0 Å². The molecule has 0 aliphatic heterocycles. The SMILES string of the molecule is NCC1(c2ccc(Cc3ccccc3F)cc2)CC1. The first-order chi connectivity index (χ1) is 9.23. The van der Waals surface area contributed by atoms with Crippen molar-refractivity contribution in [3.05, 3.63) is 71.0 Å². The number of nitrogens with two attached hydrogens (primary N) is 1. The third-order valence-electron chi connectivity index (χ3n) is 4.16. The molecule has 2 N–H and O–H groups in total. The summed E-state index contributed by atoms with van der Waals surface area (Å²) in [6.07, 6.45) is 3.02. The van der Waals surface area contributed by atoms with Crippen LogP contribution in [0.2, 0.25) is 0 Å². The van der Waals surface area contributed by atoms with E-state index in [2.05, 4.69) is 24.3 Å². The second kappa shape index (κ2) is 4.78. The van der Waals surface area contributed by atoms with E-state index in [-0.39, 0.29) is 11.2 Å². The molecule has 0 amide bonds. The summed E-state index contributed by atoms with van der Waals surface area (Å²) in [6, 6.07) is 15.4. The van der Waals surface area contributed by atoms with Crippen LogP contribution in [0.15, 0.2) is 48.5 Å². The van der Waals surface area contributed by atoms with Crippen LogP contribution in [0, 0.1) is 5.82 Å². The molecule has 19 heavy (non-hydrogen) atoms. The monoisotopic (exact) mass is 255 g/mol. The van der Waals surface area contributed by atoms with Gasteiger partial charge >= 0.3 is 0 Å². The second-order valence-corrected chi connectivity index (χ2v) is 5.45. The highest BCUT2D eigenvalue weighted by molar-refractivity contribution is 5.36. The Morgan fingerprint density at radius 2 is 1.68 bits per heavy atom. The molecule has 0 atom stereocenters. The number of benzene rings is 2. The quantitative estimate of drug-likeness (QED) is 0.890. The van der Waals surface area contributed by atoms with E-state index in [1.54, 1.807) is 6.07 Å². The highest BCUT2D eigenvalue weighted by Crippen LogP contribution is 2.47. The van der Waals surface area contributed by atoms with Crippen LogP contribution in [0.3, 0.4) is 0 Å². The van der Waals surface area contributed by atoms with E-state index in [1.807, 2.05) is 12.1 Å². The van der Waals surface area contributed by atoms with Crippen molar-refractivity contribution in [1.29, 1.82) is 0 Å². The number of hydrogen-bond acceptors (Lipinski definition) is 1. The number of hydrogen-bond donors (Lipinski definition) is 1. The molecular formula is C17H18FN. The molecule has 2 heteroatoms. The van der Waals surface area contributed by atoms with E-state index >= 15 is 0 Å². The van der Waals surface area contributed by atoms with Gasteiger partial charge in [0, 0.05) is 18.4 Å². The van der Waals surface area contributed by atoms with Gasteiger partial charge in [-0.1, -0.05) is 42.5 Å². The Labute approximate surface area is 113 Å². The minimum atomic E-state index is -0.132. The maximum atomic E-state index is 13.6. The Morgan fingerprint density at radius 1 is 1.00 bits per heavy atom. The fraction of sp³-hybridized carbons (Fsp3) is 0.294. The highest BCUT2D eigenvalue weighted by atomic mass is 19.1. The van der Waals surface area contributed by atoms with Crippen molar-refractivity contribution >= 4 is 0 Å². The van der Waals surface area contributed by atoms with Crippen LogP contribution in [0.25, 0.3) is 0 Å². The van der Waals surface area contributed by atoms with Crippen molar-refractivity contribution in [2.24, 2.45) is 5.73 Å². The maximum Gasteiger partial charge on any atom is 0.126 e. The molecule has 1 aliphatic carbocycles. The Hall–Kier alpha value is -1.67. The molecule has 0 bridgehead atoms. The van der Waals surface area contributed by atoms with Gasteiger partial charge in [0.25, 0.3) is 0 Å². The van der Waals surface area contributed by atoms with Gasteiger partial charge in [-0.3, -0.25) is 0 Å². The second-order valence-electron chi connectivity index (χ2n) is 5.45. The Bertz CT molecular complexity index is 570. The molecule has 0 aromatic heterocycles. The predicted molar refractivity (Wildman–Crippen MR) is 75.6 cm³/mol. The van der Waals surface area contributed by atoms with Crippen molar-refractivity contribution in [2.45, 2.75) is 24.7 Å². The first-order valence-corrected chi connectivity index (χ1v) is 6.76. The van der Waals surface area contributed by atoms with Crippen LogP contribution in [0.5, 0.6) is 0 Å². The molecule has 1 fully saturated rings. The largest absolute Gasteiger partial charge is 0.330 e. The summed E-state index contributed by atoms with van der Waals surface area (Å²) in [4.78, 5) is 0. The van der Waals surface area contributed by atoms with Gasteiger partial charge in [-0.05, 0) is 35.6 Å². The molecule has 3 rings (SSSR count). The molecule has 2 aromatic carbocycles. The molecular weight excluding hydrogens is 237 g/mol. The lowest BCUT2D eigenvalue weighted by Gasteiger charge is -2.13. The van der Waals surface area contributed by atoms with Crippen molar-refractivity contribution in [3.63, 3.8) is 0 Å². The smallest absolute Gasteiger partial charge is 0.126 e. The van der Waals surface area contributed by atoms with Crippen molar-refractivity contribution in [1.82, 2.24) is 0 Å². The van der Waals surface area contributed by atoms with E-state index in [0.29, 0.717) is 6.42 Å². The van der Waals surface area contributed by atoms with Crippen LogP contribution < -0.4 is 5.73 Å². The van der Waals surface area contributed by atoms with Crippen LogP contribution in [-0.4, -0.2) is 6.54 Å². The third-order valence-corrected chi connectivity index (χ3v) is 4.16. The molecule has 0 radical (unpaired) electrons. The zero-order chi connectivity index (χ0) is 13.3. The molecule has 0 spiro atoms. The van der Waals surface area contributed by atoms with Crippen molar-refractivity contribution in [2.75, 3.05) is 6.54 Å². The van der Waals surface area contributed by atoms with Gasteiger partial charge in [-0.15, -0.1) is 0 Å². The summed E-state index contributed by atoms with van der Waals surface area (Å²) in [5.74, 6) is -0.132. The predicted octanol–water partition coefficient (Wildman–Crippen LogP) is 3.41. The van der Waals surface area contributed by atoms with Gasteiger partial charge in [-0.25, -0.2) is 4.39 Å². The van der Waals surface area contributed by atoms with E-state index in [9.17, 15) is 4.39 Å². The van der Waals surface area contributed by atoms with Crippen LogP contribution >= 0.6 is 0 Å². The first-order valence-electron chi connectivity index (χ1n) is 6.76. The van der Waals surface area contributed by atoms with Gasteiger partial charge in [0.1, 0.15) is 5.82 Å². The minimum absolute atomic E-state index is 0.132. The lowest BCUT2D eigenvalue weighted by Crippen LogP contribution is -2.19. The molecule has 2 aromatic rings. The normalized spacial score (nSPS) is 16.3. The van der Waals surface area contributed by atoms with Crippen LogP contribution in [-0.2, 0) is 11.8 Å². The summed E-state index contributed by atoms with van der Waals surface area (Å²) in [5.41, 5.74) is 9.28. The Morgan fingerprint density at radius 3 is 2.26 bits per heavy atom. The zero-order valence-corrected chi connectivity index (χ0v) is 10.9. The Kier molecular flexibility index (Phi) is 3.11. The summed E-state index contributed by atoms with van der Waals surface area (Å²) in [5, 5.41) is 0. The minimum Gasteiger partial charge on any atom is -0.330 e. The molecule has 1 aliphatic rings. The van der Waals surface area contributed by atoms with E-state index in [1.165, 1.54) is 24.5 Å². The summed E-state index contributed by atoms with van der Waals surface area (Å²) >= 11 is 0. The van der Waals surface area contributed by atoms with Gasteiger partial charge in [-0.2, -0.15) is 0 Å². The van der Waals surface area contributed by atoms with Gasteiger partial charge in [0.15, 0.2) is 0 Å². The molecule has 98 valence electrons. The van der Waals surface area contributed by atoms with Gasteiger partial charge in [0.2, 0.25) is 0 Å². The molecule has 1 saturated carbocycles. The number of halogens is 1. The summed E-state index contributed by atoms with van der Waals surface area (Å²) in [6.45, 7) is 0.722. The van der Waals surface area contributed by atoms with Crippen LogP contribution in [0.1, 0.15) is 29.5 Å². The van der Waals surface area contributed by atoms with Gasteiger partial charge < -0.3 is 5.73 Å². The summed E-state index contributed by atoms with van der Waals surface area (Å²) in [7, 11) is 0. The first kappa shape index (κ1) is 12.4. The number of rotatable bonds is 4.